The molecule has 0 aliphatic carbocycles. The van der Waals surface area contributed by atoms with E-state index >= 15 is 0 Å². The Labute approximate surface area is 131 Å². The Morgan fingerprint density at radius 1 is 1.23 bits per heavy atom. The minimum atomic E-state index is 0.100. The highest BCUT2D eigenvalue weighted by molar-refractivity contribution is 5.78. The van der Waals surface area contributed by atoms with Crippen LogP contribution in [0.15, 0.2) is 36.5 Å². The third kappa shape index (κ3) is 2.62. The Kier molecular flexibility index (Phi) is 3.94. The molecule has 0 amide bonds. The van der Waals surface area contributed by atoms with Gasteiger partial charge in [-0.1, -0.05) is 31.2 Å². The highest BCUT2D eigenvalue weighted by Gasteiger charge is 2.16. The first-order valence-corrected chi connectivity index (χ1v) is 7.74. The number of aromatic nitrogens is 3. The third-order valence-corrected chi connectivity index (χ3v) is 4.05. The number of benzene rings is 1. The molecule has 2 aromatic heterocycles. The third-order valence-electron chi connectivity index (χ3n) is 4.05. The fraction of sp³-hybridized carbons (Fsp3) is 0.333. The number of nitrogens with two attached hydrogens (primary N) is 1. The summed E-state index contributed by atoms with van der Waals surface area (Å²) in [6.45, 7) is 6.98. The molecular weight excluding hydrogens is 272 g/mol. The van der Waals surface area contributed by atoms with Crippen molar-refractivity contribution in [3.8, 4) is 11.4 Å². The van der Waals surface area contributed by atoms with E-state index in [1.807, 2.05) is 25.3 Å². The Morgan fingerprint density at radius 3 is 2.73 bits per heavy atom. The average Bonchev–Trinajstić information content (AvgIpc) is 2.85. The molecule has 0 saturated heterocycles. The lowest BCUT2D eigenvalue weighted by Crippen LogP contribution is -2.25. The van der Waals surface area contributed by atoms with E-state index in [0.717, 1.165) is 41.1 Å². The zero-order valence-electron chi connectivity index (χ0n) is 13.4. The highest BCUT2D eigenvalue weighted by atomic mass is 15.1. The number of hydrogen-bond acceptors (Lipinski definition) is 3. The molecule has 0 bridgehead atoms. The smallest absolute Gasteiger partial charge is 0.160 e. The summed E-state index contributed by atoms with van der Waals surface area (Å²) in [5.41, 5.74) is 11.5. The Morgan fingerprint density at radius 2 is 2.00 bits per heavy atom. The second-order valence-electron chi connectivity index (χ2n) is 5.88. The molecular formula is C18H22N4. The first kappa shape index (κ1) is 14.7. The van der Waals surface area contributed by atoms with Gasteiger partial charge in [0.15, 0.2) is 5.65 Å². The fourth-order valence-corrected chi connectivity index (χ4v) is 2.68. The van der Waals surface area contributed by atoms with E-state index in [1.165, 1.54) is 5.56 Å². The van der Waals surface area contributed by atoms with Gasteiger partial charge in [-0.15, -0.1) is 0 Å². The highest BCUT2D eigenvalue weighted by Crippen LogP contribution is 2.27. The number of hydrogen-bond donors (Lipinski definition) is 1. The number of aryl methyl sites for hydroxylation is 2. The summed E-state index contributed by atoms with van der Waals surface area (Å²) in [6, 6.07) is 10.5. The van der Waals surface area contributed by atoms with Crippen LogP contribution in [0, 0.1) is 13.8 Å². The van der Waals surface area contributed by atoms with Crippen LogP contribution in [0.5, 0.6) is 0 Å². The van der Waals surface area contributed by atoms with Crippen molar-refractivity contribution in [1.29, 1.82) is 0 Å². The number of imidazole rings is 1. The van der Waals surface area contributed by atoms with Crippen LogP contribution in [-0.4, -0.2) is 20.6 Å². The van der Waals surface area contributed by atoms with Gasteiger partial charge in [-0.3, -0.25) is 0 Å². The molecule has 1 aromatic carbocycles. The van der Waals surface area contributed by atoms with Crippen LogP contribution in [0.1, 0.15) is 24.5 Å². The maximum Gasteiger partial charge on any atom is 0.160 e. The Bertz CT molecular complexity index is 804. The van der Waals surface area contributed by atoms with Crippen LogP contribution < -0.4 is 5.73 Å². The van der Waals surface area contributed by atoms with Crippen LogP contribution in [0.25, 0.3) is 22.6 Å². The van der Waals surface area contributed by atoms with Gasteiger partial charge in [0.25, 0.3) is 0 Å². The predicted octanol–water partition coefficient (Wildman–Crippen LogP) is 3.45. The molecule has 2 heterocycles. The zero-order chi connectivity index (χ0) is 15.7. The van der Waals surface area contributed by atoms with E-state index in [4.69, 9.17) is 10.7 Å². The first-order valence-electron chi connectivity index (χ1n) is 7.74. The van der Waals surface area contributed by atoms with Gasteiger partial charge in [0.1, 0.15) is 11.3 Å². The summed E-state index contributed by atoms with van der Waals surface area (Å²) in [4.78, 5) is 9.43. The lowest BCUT2D eigenvalue weighted by Gasteiger charge is -2.14. The van der Waals surface area contributed by atoms with Crippen molar-refractivity contribution in [2.75, 3.05) is 0 Å². The summed E-state index contributed by atoms with van der Waals surface area (Å²) in [5.74, 6) is 0.954. The molecule has 1 atom stereocenters. The second-order valence-corrected chi connectivity index (χ2v) is 5.88. The van der Waals surface area contributed by atoms with E-state index in [9.17, 15) is 0 Å². The molecule has 4 heteroatoms. The van der Waals surface area contributed by atoms with Crippen molar-refractivity contribution >= 4 is 11.2 Å². The lowest BCUT2D eigenvalue weighted by molar-refractivity contribution is 0.549. The van der Waals surface area contributed by atoms with Crippen LogP contribution in [0.3, 0.4) is 0 Å². The standard InChI is InChI=1S/C18H22N4/c1-4-14(19)11-22-17(15-8-6-5-7-13(15)3)21-16-9-12(2)10-20-18(16)22/h5-10,14H,4,11,19H2,1-3H3. The molecule has 3 aromatic rings. The Balaban J connectivity index is 2.23. The molecule has 0 fully saturated rings. The molecule has 0 radical (unpaired) electrons. The summed E-state index contributed by atoms with van der Waals surface area (Å²) < 4.78 is 2.16. The van der Waals surface area contributed by atoms with Crippen molar-refractivity contribution in [2.24, 2.45) is 5.73 Å². The number of nitrogens with zero attached hydrogens (tertiary/aromatic N) is 3. The van der Waals surface area contributed by atoms with Gasteiger partial charge in [-0.2, -0.15) is 0 Å². The van der Waals surface area contributed by atoms with Crippen molar-refractivity contribution in [3.63, 3.8) is 0 Å². The van der Waals surface area contributed by atoms with Gasteiger partial charge in [0.2, 0.25) is 0 Å². The first-order chi connectivity index (χ1) is 10.6. The van der Waals surface area contributed by atoms with E-state index in [0.29, 0.717) is 0 Å². The van der Waals surface area contributed by atoms with Gasteiger partial charge >= 0.3 is 0 Å². The number of rotatable bonds is 4. The van der Waals surface area contributed by atoms with Crippen LogP contribution in [0.2, 0.25) is 0 Å². The molecule has 0 aliphatic heterocycles. The molecule has 2 N–H and O–H groups in total. The summed E-state index contributed by atoms with van der Waals surface area (Å²) >= 11 is 0. The summed E-state index contributed by atoms with van der Waals surface area (Å²) in [5, 5.41) is 0. The normalized spacial score (nSPS) is 12.7. The molecule has 4 nitrogen and oxygen atoms in total. The maximum atomic E-state index is 6.19. The minimum Gasteiger partial charge on any atom is -0.326 e. The zero-order valence-corrected chi connectivity index (χ0v) is 13.4. The van der Waals surface area contributed by atoms with Crippen molar-refractivity contribution < 1.29 is 0 Å². The largest absolute Gasteiger partial charge is 0.326 e. The molecule has 0 spiro atoms. The summed E-state index contributed by atoms with van der Waals surface area (Å²) in [7, 11) is 0. The molecule has 3 rings (SSSR count). The monoisotopic (exact) mass is 294 g/mol. The van der Waals surface area contributed by atoms with Crippen LogP contribution in [-0.2, 0) is 6.54 Å². The molecule has 0 saturated carbocycles. The van der Waals surface area contributed by atoms with Crippen LogP contribution >= 0.6 is 0 Å². The lowest BCUT2D eigenvalue weighted by atomic mass is 10.1. The van der Waals surface area contributed by atoms with Gasteiger partial charge in [0, 0.05) is 24.3 Å². The van der Waals surface area contributed by atoms with Gasteiger partial charge in [-0.25, -0.2) is 9.97 Å². The topological polar surface area (TPSA) is 56.7 Å². The van der Waals surface area contributed by atoms with Crippen LogP contribution in [0.4, 0.5) is 0 Å². The fourth-order valence-electron chi connectivity index (χ4n) is 2.68. The number of fused-ring (bicyclic) bond motifs is 1. The Hall–Kier alpha value is -2.20. The van der Waals surface area contributed by atoms with E-state index in [2.05, 4.69) is 41.6 Å². The van der Waals surface area contributed by atoms with Crippen molar-refractivity contribution in [1.82, 2.24) is 14.5 Å². The van der Waals surface area contributed by atoms with Gasteiger partial charge in [0.05, 0.1) is 0 Å². The summed E-state index contributed by atoms with van der Waals surface area (Å²) in [6.07, 6.45) is 2.82. The van der Waals surface area contributed by atoms with Crippen molar-refractivity contribution in [3.05, 3.63) is 47.7 Å². The average molecular weight is 294 g/mol. The van der Waals surface area contributed by atoms with Gasteiger partial charge in [-0.05, 0) is 37.5 Å². The molecule has 0 aliphatic rings. The van der Waals surface area contributed by atoms with Gasteiger partial charge < -0.3 is 10.3 Å². The minimum absolute atomic E-state index is 0.100. The quantitative estimate of drug-likeness (QED) is 0.801. The van der Waals surface area contributed by atoms with E-state index in [-0.39, 0.29) is 6.04 Å². The molecule has 1 unspecified atom stereocenters. The number of pyridine rings is 1. The van der Waals surface area contributed by atoms with E-state index < -0.39 is 0 Å². The molecule has 114 valence electrons. The molecule has 22 heavy (non-hydrogen) atoms. The van der Waals surface area contributed by atoms with Crippen molar-refractivity contribution in [2.45, 2.75) is 39.8 Å². The second kappa shape index (κ2) is 5.89. The predicted molar refractivity (Wildman–Crippen MR) is 90.7 cm³/mol. The SMILES string of the molecule is CCC(N)Cn1c(-c2ccccc2C)nc2cc(C)cnc21. The van der Waals surface area contributed by atoms with E-state index in [1.54, 1.807) is 0 Å². The maximum absolute atomic E-state index is 6.19.